The fourth-order valence-electron chi connectivity index (χ4n) is 4.22. The molecule has 1 aliphatic carbocycles. The van der Waals surface area contributed by atoms with E-state index in [-0.39, 0.29) is 29.9 Å². The summed E-state index contributed by atoms with van der Waals surface area (Å²) in [7, 11) is -0.628. The average molecular weight is 551 g/mol. The molecule has 3 aromatic rings. The van der Waals surface area contributed by atoms with Crippen LogP contribution in [0.1, 0.15) is 37.1 Å². The zero-order valence-electron chi connectivity index (χ0n) is 20.1. The zero-order valence-corrected chi connectivity index (χ0v) is 22.4. The number of carbonyl (C=O) groups is 1. The quantitative estimate of drug-likeness (QED) is 0.314. The van der Waals surface area contributed by atoms with Gasteiger partial charge in [-0.25, -0.2) is 13.4 Å². The van der Waals surface area contributed by atoms with E-state index in [1.807, 2.05) is 0 Å². The van der Waals surface area contributed by atoms with Gasteiger partial charge in [-0.05, 0) is 55.9 Å². The molecule has 0 spiro atoms. The van der Waals surface area contributed by atoms with Gasteiger partial charge in [0, 0.05) is 23.3 Å². The molecule has 0 saturated heterocycles. The number of sulfonamides is 1. The molecule has 0 unspecified atom stereocenters. The van der Waals surface area contributed by atoms with Gasteiger partial charge in [-0.15, -0.1) is 0 Å². The standard InChI is InChI=1S/C23H25BCl2N4O5S/c1-3-34-22(31)13-30-20-6-4-5-19(16(20)12-28-30)29(2)36(32,33)15-10-17(24)23(27-11-15)35-21-8-7-14(25)9-18(21)26/h7-12,19H,3-6,13,24H2,1-2H3/t19-/m1/s1. The first kappa shape index (κ1) is 26.5. The van der Waals surface area contributed by atoms with Crippen LogP contribution < -0.4 is 10.2 Å². The molecule has 0 saturated carbocycles. The Labute approximate surface area is 220 Å². The van der Waals surface area contributed by atoms with Crippen LogP contribution in [0.5, 0.6) is 11.6 Å². The molecular formula is C23H25BCl2N4O5S. The van der Waals surface area contributed by atoms with Crippen molar-refractivity contribution >= 4 is 52.5 Å². The summed E-state index contributed by atoms with van der Waals surface area (Å²) in [6.07, 6.45) is 5.01. The minimum atomic E-state index is -3.89. The predicted octanol–water partition coefficient (Wildman–Crippen LogP) is 2.90. The zero-order chi connectivity index (χ0) is 26.0. The van der Waals surface area contributed by atoms with Crippen LogP contribution in [0.25, 0.3) is 0 Å². The lowest BCUT2D eigenvalue weighted by Crippen LogP contribution is -2.34. The summed E-state index contributed by atoms with van der Waals surface area (Å²) in [6, 6.07) is 5.91. The van der Waals surface area contributed by atoms with E-state index in [1.54, 1.807) is 50.9 Å². The van der Waals surface area contributed by atoms with Gasteiger partial charge in [0.1, 0.15) is 25.0 Å². The molecule has 0 aliphatic heterocycles. The maximum absolute atomic E-state index is 13.5. The molecule has 4 rings (SSSR count). The molecule has 36 heavy (non-hydrogen) atoms. The lowest BCUT2D eigenvalue weighted by atomic mass is 9.93. The van der Waals surface area contributed by atoms with Crippen molar-refractivity contribution < 1.29 is 22.7 Å². The smallest absolute Gasteiger partial charge is 0.327 e. The second-order valence-corrected chi connectivity index (χ2v) is 11.2. The third kappa shape index (κ3) is 5.39. The van der Waals surface area contributed by atoms with E-state index >= 15 is 0 Å². The van der Waals surface area contributed by atoms with E-state index in [1.165, 1.54) is 16.6 Å². The number of rotatable bonds is 8. The van der Waals surface area contributed by atoms with Gasteiger partial charge in [0.25, 0.3) is 0 Å². The maximum Gasteiger partial charge on any atom is 0.327 e. The summed E-state index contributed by atoms with van der Waals surface area (Å²) in [5.41, 5.74) is 2.17. The first-order valence-electron chi connectivity index (χ1n) is 11.4. The summed E-state index contributed by atoms with van der Waals surface area (Å²) in [6.45, 7) is 2.03. The third-order valence-corrected chi connectivity index (χ3v) is 8.40. The number of fused-ring (bicyclic) bond motifs is 1. The largest absolute Gasteiger partial charge is 0.465 e. The molecule has 9 nitrogen and oxygen atoms in total. The minimum absolute atomic E-state index is 0.00539. The van der Waals surface area contributed by atoms with E-state index < -0.39 is 16.1 Å². The van der Waals surface area contributed by atoms with Crippen LogP contribution in [0.2, 0.25) is 10.0 Å². The number of halogens is 2. The molecule has 0 fully saturated rings. The topological polar surface area (TPSA) is 104 Å². The second kappa shape index (κ2) is 10.8. The summed E-state index contributed by atoms with van der Waals surface area (Å²) in [5, 5.41) is 5.12. The minimum Gasteiger partial charge on any atom is -0.465 e. The van der Waals surface area contributed by atoms with Gasteiger partial charge in [0.15, 0.2) is 0 Å². The number of pyridine rings is 1. The van der Waals surface area contributed by atoms with E-state index in [2.05, 4.69) is 10.1 Å². The summed E-state index contributed by atoms with van der Waals surface area (Å²) in [5.74, 6) is 0.218. The van der Waals surface area contributed by atoms with Crippen molar-refractivity contribution in [3.8, 4) is 11.6 Å². The van der Waals surface area contributed by atoms with Crippen molar-refractivity contribution in [3.05, 3.63) is 58.0 Å². The number of hydrogen-bond donors (Lipinski definition) is 0. The van der Waals surface area contributed by atoms with Gasteiger partial charge in [-0.2, -0.15) is 9.40 Å². The summed E-state index contributed by atoms with van der Waals surface area (Å²) >= 11 is 12.1. The monoisotopic (exact) mass is 550 g/mol. The second-order valence-electron chi connectivity index (χ2n) is 8.41. The number of benzene rings is 1. The van der Waals surface area contributed by atoms with E-state index in [9.17, 15) is 13.2 Å². The molecule has 1 aliphatic rings. The van der Waals surface area contributed by atoms with E-state index in [4.69, 9.17) is 32.7 Å². The van der Waals surface area contributed by atoms with Crippen LogP contribution in [-0.2, 0) is 32.5 Å². The highest BCUT2D eigenvalue weighted by molar-refractivity contribution is 7.89. The highest BCUT2D eigenvalue weighted by atomic mass is 35.5. The summed E-state index contributed by atoms with van der Waals surface area (Å²) in [4.78, 5) is 16.2. The Kier molecular flexibility index (Phi) is 7.94. The highest BCUT2D eigenvalue weighted by Gasteiger charge is 2.34. The molecular weight excluding hydrogens is 526 g/mol. The Balaban J connectivity index is 1.57. The van der Waals surface area contributed by atoms with Crippen molar-refractivity contribution in [2.45, 2.75) is 43.7 Å². The first-order chi connectivity index (χ1) is 17.1. The SMILES string of the molecule is Bc1cc(S(=O)(=O)N(C)[C@@H]2CCCc3c2cnn3CC(=O)OCC)cnc1Oc1ccc(Cl)cc1Cl. The molecule has 1 aromatic carbocycles. The van der Waals surface area contributed by atoms with Crippen molar-refractivity contribution in [2.75, 3.05) is 13.7 Å². The van der Waals surface area contributed by atoms with Crippen molar-refractivity contribution in [1.82, 2.24) is 19.1 Å². The first-order valence-corrected chi connectivity index (χ1v) is 13.6. The number of carbonyl (C=O) groups excluding carboxylic acids is 1. The molecule has 0 amide bonds. The summed E-state index contributed by atoms with van der Waals surface area (Å²) < 4.78 is 40.8. The average Bonchev–Trinajstić information content (AvgIpc) is 3.24. The number of hydrogen-bond acceptors (Lipinski definition) is 7. The van der Waals surface area contributed by atoms with E-state index in [0.29, 0.717) is 34.1 Å². The molecule has 0 bridgehead atoms. The normalized spacial score (nSPS) is 15.5. The number of aromatic nitrogens is 3. The molecule has 2 aromatic heterocycles. The number of nitrogens with zero attached hydrogens (tertiary/aromatic N) is 4. The Hall–Kier alpha value is -2.60. The number of esters is 1. The van der Waals surface area contributed by atoms with Gasteiger partial charge >= 0.3 is 5.97 Å². The third-order valence-electron chi connectivity index (χ3n) is 6.04. The Morgan fingerprint density at radius 3 is 2.75 bits per heavy atom. The van der Waals surface area contributed by atoms with Crippen LogP contribution in [0.15, 0.2) is 41.6 Å². The van der Waals surface area contributed by atoms with Crippen molar-refractivity contribution in [3.63, 3.8) is 0 Å². The van der Waals surface area contributed by atoms with Crippen LogP contribution in [0, 0.1) is 0 Å². The number of ether oxygens (including phenoxy) is 2. The lowest BCUT2D eigenvalue weighted by Gasteiger charge is -2.31. The van der Waals surface area contributed by atoms with Gasteiger partial charge in [0.05, 0.1) is 30.1 Å². The van der Waals surface area contributed by atoms with Crippen LogP contribution >= 0.6 is 23.2 Å². The van der Waals surface area contributed by atoms with E-state index in [0.717, 1.165) is 17.7 Å². The maximum atomic E-state index is 13.5. The Bertz CT molecular complexity index is 1400. The Morgan fingerprint density at radius 2 is 2.06 bits per heavy atom. The van der Waals surface area contributed by atoms with Crippen LogP contribution in [0.4, 0.5) is 0 Å². The molecule has 13 heteroatoms. The molecule has 0 N–H and O–H groups in total. The fourth-order valence-corrected chi connectivity index (χ4v) is 6.06. The predicted molar refractivity (Wildman–Crippen MR) is 138 cm³/mol. The van der Waals surface area contributed by atoms with Gasteiger partial charge in [-0.1, -0.05) is 23.2 Å². The Morgan fingerprint density at radius 1 is 1.28 bits per heavy atom. The van der Waals surface area contributed by atoms with Gasteiger partial charge < -0.3 is 9.47 Å². The fraction of sp³-hybridized carbons (Fsp3) is 0.348. The molecule has 2 heterocycles. The van der Waals surface area contributed by atoms with Crippen LogP contribution in [0.3, 0.4) is 0 Å². The van der Waals surface area contributed by atoms with Crippen molar-refractivity contribution in [1.29, 1.82) is 0 Å². The van der Waals surface area contributed by atoms with Crippen LogP contribution in [-0.4, -0.2) is 55.0 Å². The van der Waals surface area contributed by atoms with Crippen molar-refractivity contribution in [2.24, 2.45) is 0 Å². The molecule has 190 valence electrons. The van der Waals surface area contributed by atoms with Gasteiger partial charge in [-0.3, -0.25) is 9.48 Å². The lowest BCUT2D eigenvalue weighted by molar-refractivity contribution is -0.144. The highest BCUT2D eigenvalue weighted by Crippen LogP contribution is 2.36. The molecule has 0 radical (unpaired) electrons. The van der Waals surface area contributed by atoms with Gasteiger partial charge in [0.2, 0.25) is 15.9 Å². The molecule has 1 atom stereocenters.